The third-order valence-electron chi connectivity index (χ3n) is 5.00. The lowest BCUT2D eigenvalue weighted by Gasteiger charge is -2.35. The summed E-state index contributed by atoms with van der Waals surface area (Å²) < 4.78 is 0. The Kier molecular flexibility index (Phi) is 6.25. The Morgan fingerprint density at radius 1 is 1.24 bits per heavy atom. The van der Waals surface area contributed by atoms with Crippen LogP contribution < -0.4 is 0 Å². The quantitative estimate of drug-likeness (QED) is 0.855. The second kappa shape index (κ2) is 7.95. The van der Waals surface area contributed by atoms with Gasteiger partial charge in [-0.3, -0.25) is 0 Å². The summed E-state index contributed by atoms with van der Waals surface area (Å²) in [4.78, 5) is 2.38. The van der Waals surface area contributed by atoms with Crippen molar-refractivity contribution in [3.63, 3.8) is 0 Å². The van der Waals surface area contributed by atoms with E-state index in [1.54, 1.807) is 0 Å². The smallest absolute Gasteiger partial charge is 0.0580 e. The van der Waals surface area contributed by atoms with Gasteiger partial charge >= 0.3 is 0 Å². The number of nitrogens with zero attached hydrogens (tertiary/aromatic N) is 1. The number of aryl methyl sites for hydroxylation is 1. The first kappa shape index (κ1) is 16.5. The highest BCUT2D eigenvalue weighted by atomic mass is 16.3. The highest BCUT2D eigenvalue weighted by Gasteiger charge is 2.29. The summed E-state index contributed by atoms with van der Waals surface area (Å²) in [5.41, 5.74) is 2.76. The van der Waals surface area contributed by atoms with Gasteiger partial charge in [0.15, 0.2) is 0 Å². The van der Waals surface area contributed by atoms with E-state index in [1.165, 1.54) is 36.8 Å². The molecule has 0 aliphatic heterocycles. The molecule has 1 aromatic carbocycles. The number of aliphatic hydroxyl groups is 1. The molecule has 1 saturated carbocycles. The van der Waals surface area contributed by atoms with Gasteiger partial charge in [-0.25, -0.2) is 0 Å². The molecule has 21 heavy (non-hydrogen) atoms. The third-order valence-corrected chi connectivity index (χ3v) is 5.00. The molecule has 3 unspecified atom stereocenters. The van der Waals surface area contributed by atoms with E-state index in [0.29, 0.717) is 5.92 Å². The van der Waals surface area contributed by atoms with Gasteiger partial charge < -0.3 is 10.0 Å². The average Bonchev–Trinajstić information content (AvgIpc) is 2.45. The fourth-order valence-corrected chi connectivity index (χ4v) is 3.76. The van der Waals surface area contributed by atoms with Crippen LogP contribution >= 0.6 is 0 Å². The van der Waals surface area contributed by atoms with E-state index in [2.05, 4.69) is 50.1 Å². The van der Waals surface area contributed by atoms with Crippen molar-refractivity contribution >= 4 is 0 Å². The summed E-state index contributed by atoms with van der Waals surface area (Å²) in [5, 5.41) is 10.3. The van der Waals surface area contributed by atoms with Gasteiger partial charge in [0, 0.05) is 13.1 Å². The monoisotopic (exact) mass is 289 g/mol. The molecule has 1 aromatic rings. The first-order valence-electron chi connectivity index (χ1n) is 8.51. The molecule has 2 nitrogen and oxygen atoms in total. The molecule has 0 amide bonds. The lowest BCUT2D eigenvalue weighted by atomic mass is 9.77. The van der Waals surface area contributed by atoms with E-state index in [4.69, 9.17) is 0 Å². The summed E-state index contributed by atoms with van der Waals surface area (Å²) in [6.45, 7) is 6.43. The van der Waals surface area contributed by atoms with Crippen molar-refractivity contribution in [2.24, 2.45) is 11.8 Å². The van der Waals surface area contributed by atoms with Crippen molar-refractivity contribution < 1.29 is 5.11 Å². The molecular weight excluding hydrogens is 258 g/mol. The largest absolute Gasteiger partial charge is 0.393 e. The van der Waals surface area contributed by atoms with Crippen molar-refractivity contribution in [3.05, 3.63) is 35.4 Å². The molecule has 0 radical (unpaired) electrons. The summed E-state index contributed by atoms with van der Waals surface area (Å²) in [6, 6.07) is 8.60. The van der Waals surface area contributed by atoms with Gasteiger partial charge in [0.05, 0.1) is 6.10 Å². The van der Waals surface area contributed by atoms with Crippen LogP contribution in [0.25, 0.3) is 0 Å². The van der Waals surface area contributed by atoms with Crippen LogP contribution in [0.3, 0.4) is 0 Å². The molecule has 3 atom stereocenters. The van der Waals surface area contributed by atoms with E-state index in [-0.39, 0.29) is 6.10 Å². The molecule has 1 fully saturated rings. The summed E-state index contributed by atoms with van der Waals surface area (Å²) in [5.74, 6) is 1.28. The zero-order valence-corrected chi connectivity index (χ0v) is 13.9. The topological polar surface area (TPSA) is 23.5 Å². The maximum Gasteiger partial charge on any atom is 0.0580 e. The van der Waals surface area contributed by atoms with Crippen molar-refractivity contribution in [2.75, 3.05) is 13.6 Å². The normalized spacial score (nSPS) is 26.2. The molecular formula is C19H31NO. The Hall–Kier alpha value is -0.860. The number of benzene rings is 1. The predicted molar refractivity (Wildman–Crippen MR) is 89.3 cm³/mol. The van der Waals surface area contributed by atoms with Crippen LogP contribution in [0.2, 0.25) is 0 Å². The standard InChI is InChI=1S/C19H31NO/c1-4-7-16-10-11-19(21)18(12-16)14-20(3)13-17-9-6-5-8-15(17)2/h5-6,8-9,16,18-19,21H,4,7,10-14H2,1-3H3. The van der Waals surface area contributed by atoms with Gasteiger partial charge in [0.2, 0.25) is 0 Å². The van der Waals surface area contributed by atoms with Crippen molar-refractivity contribution in [3.8, 4) is 0 Å². The molecule has 0 saturated heterocycles. The highest BCUT2D eigenvalue weighted by molar-refractivity contribution is 5.25. The van der Waals surface area contributed by atoms with Gasteiger partial charge in [-0.1, -0.05) is 44.0 Å². The summed E-state index contributed by atoms with van der Waals surface area (Å²) in [6.07, 6.45) is 5.91. The molecule has 1 aliphatic rings. The van der Waals surface area contributed by atoms with Crippen LogP contribution in [0.4, 0.5) is 0 Å². The Balaban J connectivity index is 1.88. The fraction of sp³-hybridized carbons (Fsp3) is 0.684. The lowest BCUT2D eigenvalue weighted by Crippen LogP contribution is -2.37. The molecule has 1 N–H and O–H groups in total. The minimum Gasteiger partial charge on any atom is -0.393 e. The Morgan fingerprint density at radius 3 is 2.71 bits per heavy atom. The van der Waals surface area contributed by atoms with E-state index in [1.807, 2.05) is 0 Å². The number of hydrogen-bond donors (Lipinski definition) is 1. The first-order chi connectivity index (χ1) is 10.1. The maximum absolute atomic E-state index is 10.3. The Morgan fingerprint density at radius 2 is 2.00 bits per heavy atom. The molecule has 2 rings (SSSR count). The van der Waals surface area contributed by atoms with Gasteiger partial charge in [-0.15, -0.1) is 0 Å². The van der Waals surface area contributed by atoms with Crippen LogP contribution in [0.5, 0.6) is 0 Å². The number of rotatable bonds is 6. The molecule has 2 heteroatoms. The minimum absolute atomic E-state index is 0.0996. The molecule has 118 valence electrons. The van der Waals surface area contributed by atoms with Crippen LogP contribution in [0, 0.1) is 18.8 Å². The van der Waals surface area contributed by atoms with Crippen molar-refractivity contribution in [2.45, 2.75) is 58.6 Å². The Bertz CT molecular complexity index is 431. The van der Waals surface area contributed by atoms with Crippen LogP contribution in [-0.2, 0) is 6.54 Å². The van der Waals surface area contributed by atoms with Crippen molar-refractivity contribution in [1.82, 2.24) is 4.90 Å². The fourth-order valence-electron chi connectivity index (χ4n) is 3.76. The second-order valence-corrected chi connectivity index (χ2v) is 6.92. The molecule has 0 aromatic heterocycles. The average molecular weight is 289 g/mol. The Labute approximate surface area is 130 Å². The molecule has 0 bridgehead atoms. The van der Waals surface area contributed by atoms with Crippen LogP contribution in [0.15, 0.2) is 24.3 Å². The van der Waals surface area contributed by atoms with Gasteiger partial charge in [-0.05, 0) is 56.2 Å². The van der Waals surface area contributed by atoms with Gasteiger partial charge in [0.25, 0.3) is 0 Å². The van der Waals surface area contributed by atoms with Gasteiger partial charge in [0.1, 0.15) is 0 Å². The lowest BCUT2D eigenvalue weighted by molar-refractivity contribution is 0.0287. The zero-order chi connectivity index (χ0) is 15.2. The number of hydrogen-bond acceptors (Lipinski definition) is 2. The minimum atomic E-state index is -0.0996. The molecule has 0 spiro atoms. The maximum atomic E-state index is 10.3. The predicted octanol–water partition coefficient (Wildman–Crippen LogP) is 4.00. The first-order valence-corrected chi connectivity index (χ1v) is 8.51. The summed E-state index contributed by atoms with van der Waals surface area (Å²) in [7, 11) is 2.18. The van der Waals surface area contributed by atoms with Crippen LogP contribution in [0.1, 0.15) is 50.2 Å². The van der Waals surface area contributed by atoms with E-state index >= 15 is 0 Å². The SMILES string of the molecule is CCCC1CCC(O)C(CN(C)Cc2ccccc2C)C1. The molecule has 0 heterocycles. The third kappa shape index (κ3) is 4.82. The van der Waals surface area contributed by atoms with Gasteiger partial charge in [-0.2, -0.15) is 0 Å². The van der Waals surface area contributed by atoms with E-state index in [9.17, 15) is 5.11 Å². The van der Waals surface area contributed by atoms with Crippen LogP contribution in [-0.4, -0.2) is 29.7 Å². The second-order valence-electron chi connectivity index (χ2n) is 6.92. The van der Waals surface area contributed by atoms with Crippen molar-refractivity contribution in [1.29, 1.82) is 0 Å². The summed E-state index contributed by atoms with van der Waals surface area (Å²) >= 11 is 0. The highest BCUT2D eigenvalue weighted by Crippen LogP contribution is 2.32. The molecule has 1 aliphatic carbocycles. The number of aliphatic hydroxyl groups excluding tert-OH is 1. The van der Waals surface area contributed by atoms with E-state index in [0.717, 1.165) is 25.4 Å². The zero-order valence-electron chi connectivity index (χ0n) is 13.9. The van der Waals surface area contributed by atoms with E-state index < -0.39 is 0 Å².